The van der Waals surface area contributed by atoms with Gasteiger partial charge in [-0.2, -0.15) is 0 Å². The first kappa shape index (κ1) is 28.8. The van der Waals surface area contributed by atoms with Crippen molar-refractivity contribution < 1.29 is 15.1 Å². The average Bonchev–Trinajstić information content (AvgIpc) is 2.78. The van der Waals surface area contributed by atoms with Crippen molar-refractivity contribution in [3.05, 3.63) is 120 Å². The number of halogens is 2. The van der Waals surface area contributed by atoms with Gasteiger partial charge in [-0.3, -0.25) is 19.9 Å². The second-order valence-electron chi connectivity index (χ2n) is 6.15. The minimum atomic E-state index is -0.226. The first-order chi connectivity index (χ1) is 15.0. The summed E-state index contributed by atoms with van der Waals surface area (Å²) in [5.41, 5.74) is 5.04. The van der Waals surface area contributed by atoms with Crippen molar-refractivity contribution in [3.63, 3.8) is 0 Å². The van der Waals surface area contributed by atoms with Crippen molar-refractivity contribution in [1.29, 1.82) is 0 Å². The van der Waals surface area contributed by atoms with E-state index in [0.717, 1.165) is 0 Å². The van der Waals surface area contributed by atoms with Crippen LogP contribution in [0.5, 0.6) is 0 Å². The molecule has 4 rings (SSSR count). The summed E-state index contributed by atoms with van der Waals surface area (Å²) in [6.45, 7) is 8.17. The summed E-state index contributed by atoms with van der Waals surface area (Å²) in [5.74, 6) is 0. The Morgan fingerprint density at radius 3 is 0.613 bits per heavy atom. The molecule has 4 aromatic heterocycles. The quantitative estimate of drug-likeness (QED) is 0.225. The molecule has 0 aliphatic rings. The number of rotatable bonds is 0. The van der Waals surface area contributed by atoms with Gasteiger partial charge in [0.05, 0.1) is 0 Å². The summed E-state index contributed by atoms with van der Waals surface area (Å²) < 4.78 is 0. The Balaban J connectivity index is 0.000000371. The van der Waals surface area contributed by atoms with E-state index in [-0.39, 0.29) is 15.1 Å². The molecule has 0 bridgehead atoms. The molecule has 0 aromatic carbocycles. The first-order valence-corrected chi connectivity index (χ1v) is 13.5. The van der Waals surface area contributed by atoms with Gasteiger partial charge in [0.15, 0.2) is 0 Å². The third-order valence-corrected chi connectivity index (χ3v) is 3.39. The van der Waals surface area contributed by atoms with Crippen LogP contribution < -0.4 is 0 Å². The van der Waals surface area contributed by atoms with Crippen LogP contribution in [-0.2, 0) is 15.1 Å². The summed E-state index contributed by atoms with van der Waals surface area (Å²) in [4.78, 5) is 15.4. The minimum absolute atomic E-state index is 0.226. The van der Waals surface area contributed by atoms with E-state index in [1.54, 1.807) is 49.6 Å². The number of pyridine rings is 4. The predicted molar refractivity (Wildman–Crippen MR) is 128 cm³/mol. The van der Waals surface area contributed by atoms with Crippen LogP contribution in [0.3, 0.4) is 0 Å². The molecule has 0 aliphatic heterocycles. The molecule has 0 radical (unpaired) electrons. The maximum atomic E-state index is 4.83. The number of nitrogens with zero attached hydrogens (tertiary/aromatic N) is 4. The van der Waals surface area contributed by atoms with Gasteiger partial charge < -0.3 is 0 Å². The molecule has 0 saturated carbocycles. The molecule has 4 heterocycles. The fraction of sp³-hybridized carbons (Fsp3) is 0.167. The molecule has 167 valence electrons. The zero-order valence-corrected chi connectivity index (χ0v) is 21.3. The second-order valence-corrected chi connectivity index (χ2v) is 8.63. The van der Waals surface area contributed by atoms with Gasteiger partial charge in [0.25, 0.3) is 0 Å². The standard InChI is InChI=1S/4C6H7N.2ClH.Rh/c4*1-6-2-4-7-5-3-6;;;/h4*2-5H,1H3;2*1H;/q;;;;;;+2/p-2. The van der Waals surface area contributed by atoms with Gasteiger partial charge in [-0.15, -0.1) is 0 Å². The molecule has 0 amide bonds. The van der Waals surface area contributed by atoms with E-state index in [1.807, 2.05) is 76.2 Å². The molecular weight excluding hydrogens is 518 g/mol. The average molecular weight is 546 g/mol. The van der Waals surface area contributed by atoms with Crippen LogP contribution in [-0.4, -0.2) is 19.9 Å². The number of hydrogen-bond acceptors (Lipinski definition) is 4. The monoisotopic (exact) mass is 545 g/mol. The van der Waals surface area contributed by atoms with E-state index in [1.165, 1.54) is 22.3 Å². The Morgan fingerprint density at radius 2 is 0.548 bits per heavy atom. The molecule has 0 atom stereocenters. The Morgan fingerprint density at radius 1 is 0.419 bits per heavy atom. The normalized spacial score (nSPS) is 8.58. The van der Waals surface area contributed by atoms with Crippen molar-refractivity contribution >= 4 is 19.4 Å². The Hall–Kier alpha value is -2.20. The summed E-state index contributed by atoms with van der Waals surface area (Å²) in [5, 5.41) is 0. The SMILES string of the molecule is Cc1ccncc1.Cc1ccncc1.Cc1ccncc1.Cc1ccncc1.[Cl][Rh][Cl]. The summed E-state index contributed by atoms with van der Waals surface area (Å²) in [7, 11) is 9.67. The third kappa shape index (κ3) is 20.8. The van der Waals surface area contributed by atoms with Crippen LogP contribution >= 0.6 is 19.4 Å². The van der Waals surface area contributed by atoms with E-state index < -0.39 is 0 Å². The van der Waals surface area contributed by atoms with E-state index in [4.69, 9.17) is 19.4 Å². The molecule has 0 saturated heterocycles. The van der Waals surface area contributed by atoms with Crippen molar-refractivity contribution in [2.75, 3.05) is 0 Å². The van der Waals surface area contributed by atoms with Crippen molar-refractivity contribution in [2.45, 2.75) is 27.7 Å². The van der Waals surface area contributed by atoms with Gasteiger partial charge in [-0.25, -0.2) is 0 Å². The van der Waals surface area contributed by atoms with Crippen LogP contribution in [0.25, 0.3) is 0 Å². The number of aromatic nitrogens is 4. The Bertz CT molecular complexity index is 719. The van der Waals surface area contributed by atoms with Crippen molar-refractivity contribution in [2.24, 2.45) is 0 Å². The van der Waals surface area contributed by atoms with E-state index >= 15 is 0 Å². The van der Waals surface area contributed by atoms with Crippen LogP contribution in [0.15, 0.2) is 98.1 Å². The van der Waals surface area contributed by atoms with E-state index in [9.17, 15) is 0 Å². The van der Waals surface area contributed by atoms with Crippen molar-refractivity contribution in [3.8, 4) is 0 Å². The molecule has 4 aromatic rings. The molecule has 0 unspecified atom stereocenters. The second kappa shape index (κ2) is 21.1. The molecule has 31 heavy (non-hydrogen) atoms. The van der Waals surface area contributed by atoms with Crippen LogP contribution in [0.1, 0.15) is 22.3 Å². The van der Waals surface area contributed by atoms with E-state index in [0.29, 0.717) is 0 Å². The fourth-order valence-electron chi connectivity index (χ4n) is 1.71. The van der Waals surface area contributed by atoms with E-state index in [2.05, 4.69) is 19.9 Å². The van der Waals surface area contributed by atoms with Crippen LogP contribution in [0.4, 0.5) is 0 Å². The zero-order chi connectivity index (χ0) is 23.2. The molecule has 0 fully saturated rings. The Labute approximate surface area is 201 Å². The summed E-state index contributed by atoms with van der Waals surface area (Å²) in [6.07, 6.45) is 14.3. The molecule has 7 heteroatoms. The number of aryl methyl sites for hydroxylation is 4. The fourth-order valence-corrected chi connectivity index (χ4v) is 1.71. The molecule has 0 aliphatic carbocycles. The van der Waals surface area contributed by atoms with Gasteiger partial charge in [0.1, 0.15) is 0 Å². The zero-order valence-electron chi connectivity index (χ0n) is 18.1. The van der Waals surface area contributed by atoms with Gasteiger partial charge in [-0.1, -0.05) is 0 Å². The van der Waals surface area contributed by atoms with Gasteiger partial charge in [0.2, 0.25) is 0 Å². The van der Waals surface area contributed by atoms with Crippen LogP contribution in [0, 0.1) is 27.7 Å². The molecular formula is C24H28Cl2N4Rh. The number of hydrogen-bond donors (Lipinski definition) is 0. The topological polar surface area (TPSA) is 51.6 Å². The van der Waals surface area contributed by atoms with Gasteiger partial charge in [-0.05, 0) is 98.5 Å². The first-order valence-electron chi connectivity index (χ1n) is 9.29. The molecule has 0 spiro atoms. The maximum absolute atomic E-state index is 4.83. The molecule has 0 N–H and O–H groups in total. The van der Waals surface area contributed by atoms with Crippen molar-refractivity contribution in [1.82, 2.24) is 19.9 Å². The van der Waals surface area contributed by atoms with Crippen LogP contribution in [0.2, 0.25) is 0 Å². The van der Waals surface area contributed by atoms with Gasteiger partial charge >= 0.3 is 34.5 Å². The Kier molecular flexibility index (Phi) is 19.6. The predicted octanol–water partition coefficient (Wildman–Crippen LogP) is 6.94. The third-order valence-electron chi connectivity index (χ3n) is 3.39. The summed E-state index contributed by atoms with van der Waals surface area (Å²) >= 11 is -0.226. The molecule has 4 nitrogen and oxygen atoms in total. The van der Waals surface area contributed by atoms with Gasteiger partial charge in [0, 0.05) is 49.6 Å². The summed E-state index contributed by atoms with van der Waals surface area (Å²) in [6, 6.07) is 15.8.